The lowest BCUT2D eigenvalue weighted by atomic mass is 9.89. The van der Waals surface area contributed by atoms with E-state index in [0.717, 1.165) is 33.2 Å². The molecule has 0 bridgehead atoms. The lowest BCUT2D eigenvalue weighted by Gasteiger charge is -2.29. The summed E-state index contributed by atoms with van der Waals surface area (Å²) >= 11 is 3.58. The maximum atomic E-state index is 13.5. The molecule has 0 saturated heterocycles. The van der Waals surface area contributed by atoms with Crippen molar-refractivity contribution in [2.75, 3.05) is 31.2 Å². The van der Waals surface area contributed by atoms with Gasteiger partial charge < -0.3 is 19.7 Å². The Morgan fingerprint density at radius 1 is 1.04 bits per heavy atom. The average Bonchev–Trinajstić information content (AvgIpc) is 3.57. The van der Waals surface area contributed by atoms with E-state index in [-0.39, 0.29) is 23.2 Å². The third-order valence-corrected chi connectivity index (χ3v) is 10.3. The van der Waals surface area contributed by atoms with Crippen LogP contribution in [0.25, 0.3) is 10.9 Å². The van der Waals surface area contributed by atoms with Crippen molar-refractivity contribution in [3.05, 3.63) is 119 Å². The van der Waals surface area contributed by atoms with Gasteiger partial charge in [-0.2, -0.15) is 0 Å². The first-order chi connectivity index (χ1) is 23.2. The van der Waals surface area contributed by atoms with Crippen molar-refractivity contribution in [1.29, 1.82) is 0 Å². The molecule has 0 fully saturated rings. The summed E-state index contributed by atoms with van der Waals surface area (Å²) in [6.07, 6.45) is 10.5. The Bertz CT molecular complexity index is 2030. The third kappa shape index (κ3) is 7.97. The van der Waals surface area contributed by atoms with Gasteiger partial charge in [-0.25, -0.2) is 27.8 Å². The van der Waals surface area contributed by atoms with Crippen molar-refractivity contribution in [2.24, 2.45) is 0 Å². The number of aromatic nitrogens is 4. The number of fused-ring (bicyclic) bond motifs is 1. The van der Waals surface area contributed by atoms with Crippen LogP contribution in [0.5, 0.6) is 5.75 Å². The highest BCUT2D eigenvalue weighted by Crippen LogP contribution is 2.39. The molecule has 1 atom stereocenters. The minimum atomic E-state index is -3.45. The van der Waals surface area contributed by atoms with Gasteiger partial charge in [-0.15, -0.1) is 0 Å². The Morgan fingerprint density at radius 3 is 2.71 bits per heavy atom. The molecule has 1 aliphatic rings. The molecular weight excluding hydrogens is 699 g/mol. The lowest BCUT2D eigenvalue weighted by molar-refractivity contribution is 0.0244. The molecule has 1 aliphatic heterocycles. The highest BCUT2D eigenvalue weighted by atomic mass is 79.9. The first-order valence-electron chi connectivity index (χ1n) is 15.4. The van der Waals surface area contributed by atoms with Crippen molar-refractivity contribution in [2.45, 2.75) is 36.5 Å². The molecule has 0 radical (unpaired) electrons. The molecule has 3 aromatic heterocycles. The van der Waals surface area contributed by atoms with Crippen molar-refractivity contribution >= 4 is 48.2 Å². The largest absolute Gasteiger partial charge is 0.489 e. The predicted molar refractivity (Wildman–Crippen MR) is 185 cm³/mol. The van der Waals surface area contributed by atoms with Crippen molar-refractivity contribution in [1.82, 2.24) is 24.8 Å². The van der Waals surface area contributed by atoms with Gasteiger partial charge in [0.05, 0.1) is 33.9 Å². The highest BCUT2D eigenvalue weighted by molar-refractivity contribution is 9.10. The summed E-state index contributed by atoms with van der Waals surface area (Å²) in [7, 11) is -1.54. The number of hydrogen-bond acceptors (Lipinski definition) is 10. The van der Waals surface area contributed by atoms with Crippen molar-refractivity contribution in [3.63, 3.8) is 0 Å². The highest BCUT2D eigenvalue weighted by Gasteiger charge is 2.37. The van der Waals surface area contributed by atoms with E-state index in [1.807, 2.05) is 48.4 Å². The number of sulfone groups is 1. The van der Waals surface area contributed by atoms with E-state index in [4.69, 9.17) is 14.5 Å². The molecule has 0 amide bonds. The van der Waals surface area contributed by atoms with Crippen LogP contribution < -0.4 is 10.1 Å². The van der Waals surface area contributed by atoms with Crippen LogP contribution in [0.2, 0.25) is 0 Å². The SMILES string of the molecule is CN(CCCC1(c2cc3c(Nc4ccc(OCc5cccc(F)c5)c(Br)c4)ncnc3cn2)CC=CO1)CCS(=O)(=O)c1ccccn1. The predicted octanol–water partition coefficient (Wildman–Crippen LogP) is 6.96. The molecule has 6 rings (SSSR count). The standard InChI is InChI=1S/C35H34BrFN6O4S/c1-43(16-18-48(44,45)33-9-2-3-14-38-33)15-5-12-35(13-6-17-47-35)32-21-28-30(22-39-32)40-24-41-34(28)42-27-10-11-31(29(36)20-27)46-23-25-7-4-8-26(37)19-25/h2-4,6-11,14,17,19-22,24H,5,12-13,15-16,18,23H2,1H3,(H,40,41,42). The maximum absolute atomic E-state index is 13.5. The minimum absolute atomic E-state index is 0.00699. The minimum Gasteiger partial charge on any atom is -0.489 e. The van der Waals surface area contributed by atoms with Crippen LogP contribution in [-0.4, -0.2) is 59.1 Å². The van der Waals surface area contributed by atoms with Crippen LogP contribution in [0.1, 0.15) is 30.5 Å². The third-order valence-electron chi connectivity index (χ3n) is 8.12. The second-order valence-electron chi connectivity index (χ2n) is 11.6. The first kappa shape index (κ1) is 33.4. The van der Waals surface area contributed by atoms with Gasteiger partial charge >= 0.3 is 0 Å². The fraction of sp³-hybridized carbons (Fsp3) is 0.257. The number of anilines is 2. The van der Waals surface area contributed by atoms with Crippen LogP contribution in [0.15, 0.2) is 107 Å². The van der Waals surface area contributed by atoms with E-state index in [1.54, 1.807) is 30.7 Å². The number of hydrogen-bond donors (Lipinski definition) is 1. The molecule has 5 aromatic rings. The molecule has 0 spiro atoms. The summed E-state index contributed by atoms with van der Waals surface area (Å²) in [5, 5.41) is 4.28. The van der Waals surface area contributed by atoms with Gasteiger partial charge in [0.25, 0.3) is 0 Å². The van der Waals surface area contributed by atoms with Crippen LogP contribution >= 0.6 is 15.9 Å². The summed E-state index contributed by atoms with van der Waals surface area (Å²) in [5.74, 6) is 0.922. The zero-order valence-electron chi connectivity index (χ0n) is 26.2. The normalized spacial score (nSPS) is 15.9. The zero-order chi connectivity index (χ0) is 33.6. The maximum Gasteiger partial charge on any atom is 0.196 e. The summed E-state index contributed by atoms with van der Waals surface area (Å²) in [6.45, 7) is 1.31. The second kappa shape index (κ2) is 14.8. The molecule has 0 aliphatic carbocycles. The molecule has 248 valence electrons. The summed E-state index contributed by atoms with van der Waals surface area (Å²) in [4.78, 5) is 19.7. The average molecular weight is 734 g/mol. The fourth-order valence-electron chi connectivity index (χ4n) is 5.50. The number of nitrogens with one attached hydrogen (secondary N) is 1. The Labute approximate surface area is 287 Å². The van der Waals surface area contributed by atoms with Crippen LogP contribution in [-0.2, 0) is 26.8 Å². The Hall–Kier alpha value is -4.46. The van der Waals surface area contributed by atoms with Crippen molar-refractivity contribution in [3.8, 4) is 5.75 Å². The number of nitrogens with zero attached hydrogens (tertiary/aromatic N) is 5. The van der Waals surface area contributed by atoms with E-state index in [9.17, 15) is 12.8 Å². The zero-order valence-corrected chi connectivity index (χ0v) is 28.6. The molecule has 10 nitrogen and oxygen atoms in total. The molecule has 4 heterocycles. The number of ether oxygens (including phenoxy) is 2. The Balaban J connectivity index is 1.12. The molecule has 48 heavy (non-hydrogen) atoms. The fourth-order valence-corrected chi connectivity index (χ4v) is 7.27. The summed E-state index contributed by atoms with van der Waals surface area (Å²) in [5.41, 5.74) is 2.30. The summed E-state index contributed by atoms with van der Waals surface area (Å²) in [6, 6.07) is 18.8. The van der Waals surface area contributed by atoms with E-state index >= 15 is 0 Å². The van der Waals surface area contributed by atoms with Gasteiger partial charge in [-0.3, -0.25) is 4.98 Å². The number of pyridine rings is 2. The van der Waals surface area contributed by atoms with Gasteiger partial charge in [0.2, 0.25) is 0 Å². The number of rotatable bonds is 14. The van der Waals surface area contributed by atoms with Gasteiger partial charge in [0.15, 0.2) is 20.5 Å². The molecule has 2 aromatic carbocycles. The topological polar surface area (TPSA) is 119 Å². The molecular formula is C35H34BrFN6O4S. The van der Waals surface area contributed by atoms with E-state index in [1.165, 1.54) is 30.7 Å². The van der Waals surface area contributed by atoms with Crippen LogP contribution in [0, 0.1) is 5.82 Å². The Kier molecular flexibility index (Phi) is 10.3. The van der Waals surface area contributed by atoms with Crippen molar-refractivity contribution < 1.29 is 22.3 Å². The first-order valence-corrected chi connectivity index (χ1v) is 17.9. The van der Waals surface area contributed by atoms with Crippen LogP contribution in [0.4, 0.5) is 15.9 Å². The Morgan fingerprint density at radius 2 is 1.94 bits per heavy atom. The lowest BCUT2D eigenvalue weighted by Crippen LogP contribution is -2.30. The molecule has 13 heteroatoms. The number of halogens is 2. The van der Waals surface area contributed by atoms with E-state index in [2.05, 4.69) is 36.2 Å². The van der Waals surface area contributed by atoms with E-state index < -0.39 is 15.4 Å². The molecule has 1 unspecified atom stereocenters. The smallest absolute Gasteiger partial charge is 0.196 e. The number of benzene rings is 2. The van der Waals surface area contributed by atoms with Gasteiger partial charge in [-0.05, 0) is 103 Å². The monoisotopic (exact) mass is 732 g/mol. The summed E-state index contributed by atoms with van der Waals surface area (Å²) < 4.78 is 51.7. The van der Waals surface area contributed by atoms with Gasteiger partial charge in [-0.1, -0.05) is 18.2 Å². The molecule has 1 N–H and O–H groups in total. The van der Waals surface area contributed by atoms with Gasteiger partial charge in [0, 0.05) is 30.2 Å². The molecule has 0 saturated carbocycles. The van der Waals surface area contributed by atoms with Gasteiger partial charge in [0.1, 0.15) is 30.3 Å². The second-order valence-corrected chi connectivity index (χ2v) is 14.5. The van der Waals surface area contributed by atoms with E-state index in [0.29, 0.717) is 43.0 Å². The quantitative estimate of drug-likeness (QED) is 0.128. The van der Waals surface area contributed by atoms with Crippen LogP contribution in [0.3, 0.4) is 0 Å².